The van der Waals surface area contributed by atoms with E-state index in [0.29, 0.717) is 6.42 Å². The molecule has 0 saturated heterocycles. The Hall–Kier alpha value is -1.09. The SMILES string of the molecule is N[C@@H](CC1=CC=CC1)C(=O)[O-]. The van der Waals surface area contributed by atoms with Crippen LogP contribution in [0.4, 0.5) is 0 Å². The van der Waals surface area contributed by atoms with Gasteiger partial charge in [0.05, 0.1) is 5.97 Å². The summed E-state index contributed by atoms with van der Waals surface area (Å²) in [5.41, 5.74) is 6.32. The minimum Gasteiger partial charge on any atom is -0.548 e. The number of carboxylic acid groups (broad SMARTS) is 1. The number of rotatable bonds is 3. The van der Waals surface area contributed by atoms with E-state index in [9.17, 15) is 9.90 Å². The summed E-state index contributed by atoms with van der Waals surface area (Å²) < 4.78 is 0. The van der Waals surface area contributed by atoms with E-state index in [0.717, 1.165) is 12.0 Å². The molecule has 0 unspecified atom stereocenters. The molecule has 0 aliphatic heterocycles. The largest absolute Gasteiger partial charge is 0.548 e. The van der Waals surface area contributed by atoms with Crippen LogP contribution in [0.5, 0.6) is 0 Å². The normalized spacial score (nSPS) is 18.1. The third-order valence-corrected chi connectivity index (χ3v) is 1.63. The zero-order chi connectivity index (χ0) is 8.27. The molecule has 0 radical (unpaired) electrons. The van der Waals surface area contributed by atoms with E-state index in [1.807, 2.05) is 18.2 Å². The minimum absolute atomic E-state index is 0.398. The molecule has 0 bridgehead atoms. The van der Waals surface area contributed by atoms with E-state index in [2.05, 4.69) is 0 Å². The van der Waals surface area contributed by atoms with Gasteiger partial charge in [-0.05, 0) is 12.8 Å². The Balaban J connectivity index is 2.37. The molecule has 0 spiro atoms. The highest BCUT2D eigenvalue weighted by molar-refractivity contribution is 5.71. The van der Waals surface area contributed by atoms with Gasteiger partial charge in [0.1, 0.15) is 0 Å². The van der Waals surface area contributed by atoms with Gasteiger partial charge in [0.2, 0.25) is 0 Å². The highest BCUT2D eigenvalue weighted by Gasteiger charge is 2.07. The van der Waals surface area contributed by atoms with E-state index >= 15 is 0 Å². The summed E-state index contributed by atoms with van der Waals surface area (Å²) in [6, 6.07) is -0.860. The van der Waals surface area contributed by atoms with Crippen molar-refractivity contribution in [3.05, 3.63) is 23.8 Å². The number of carbonyl (C=O) groups excluding carboxylic acids is 1. The summed E-state index contributed by atoms with van der Waals surface area (Å²) >= 11 is 0. The molecule has 60 valence electrons. The van der Waals surface area contributed by atoms with Crippen molar-refractivity contribution >= 4 is 5.97 Å². The standard InChI is InChI=1S/C8H11NO2/c9-7(8(10)11)5-6-3-1-2-4-6/h1-3,7H,4-5,9H2,(H,10,11)/p-1/t7-/m0/s1. The first kappa shape index (κ1) is 8.01. The summed E-state index contributed by atoms with van der Waals surface area (Å²) in [7, 11) is 0. The van der Waals surface area contributed by atoms with Gasteiger partial charge in [-0.3, -0.25) is 0 Å². The molecule has 1 rings (SSSR count). The van der Waals surface area contributed by atoms with Gasteiger partial charge in [0.15, 0.2) is 0 Å². The smallest absolute Gasteiger partial charge is 0.0585 e. The molecule has 2 N–H and O–H groups in total. The Morgan fingerprint density at radius 1 is 1.82 bits per heavy atom. The minimum atomic E-state index is -1.18. The van der Waals surface area contributed by atoms with Gasteiger partial charge in [-0.1, -0.05) is 23.8 Å². The molecule has 11 heavy (non-hydrogen) atoms. The first-order chi connectivity index (χ1) is 5.20. The number of allylic oxidation sites excluding steroid dienone is 3. The van der Waals surface area contributed by atoms with Crippen molar-refractivity contribution in [3.8, 4) is 0 Å². The molecule has 0 saturated carbocycles. The molecule has 1 aliphatic rings. The number of carboxylic acids is 1. The lowest BCUT2D eigenvalue weighted by atomic mass is 10.1. The average molecular weight is 152 g/mol. The van der Waals surface area contributed by atoms with Crippen LogP contribution in [0.1, 0.15) is 12.8 Å². The molecule has 0 aromatic rings. The first-order valence-electron chi connectivity index (χ1n) is 3.51. The van der Waals surface area contributed by atoms with Gasteiger partial charge < -0.3 is 15.6 Å². The lowest BCUT2D eigenvalue weighted by Gasteiger charge is -2.12. The van der Waals surface area contributed by atoms with Gasteiger partial charge in [-0.25, -0.2) is 0 Å². The number of hydrogen-bond donors (Lipinski definition) is 1. The molecule has 0 fully saturated rings. The van der Waals surface area contributed by atoms with E-state index < -0.39 is 12.0 Å². The maximum Gasteiger partial charge on any atom is 0.0585 e. The van der Waals surface area contributed by atoms with Crippen LogP contribution in [-0.4, -0.2) is 12.0 Å². The van der Waals surface area contributed by atoms with Gasteiger partial charge >= 0.3 is 0 Å². The van der Waals surface area contributed by atoms with Crippen LogP contribution in [0.25, 0.3) is 0 Å². The third kappa shape index (κ3) is 2.20. The predicted molar refractivity (Wildman–Crippen MR) is 39.4 cm³/mol. The Labute approximate surface area is 65.2 Å². The van der Waals surface area contributed by atoms with Crippen molar-refractivity contribution in [1.29, 1.82) is 0 Å². The van der Waals surface area contributed by atoms with E-state index in [1.165, 1.54) is 0 Å². The third-order valence-electron chi connectivity index (χ3n) is 1.63. The van der Waals surface area contributed by atoms with Crippen molar-refractivity contribution < 1.29 is 9.90 Å². The lowest BCUT2D eigenvalue weighted by molar-refractivity contribution is -0.307. The van der Waals surface area contributed by atoms with Crippen molar-refractivity contribution in [2.45, 2.75) is 18.9 Å². The molecule has 3 heteroatoms. The molecule has 0 aromatic heterocycles. The average Bonchev–Trinajstić information content (AvgIpc) is 2.39. The Kier molecular flexibility index (Phi) is 2.44. The highest BCUT2D eigenvalue weighted by Crippen LogP contribution is 2.14. The second kappa shape index (κ2) is 3.34. The van der Waals surface area contributed by atoms with Crippen molar-refractivity contribution in [2.24, 2.45) is 5.73 Å². The van der Waals surface area contributed by atoms with Crippen molar-refractivity contribution in [3.63, 3.8) is 0 Å². The van der Waals surface area contributed by atoms with Crippen molar-refractivity contribution in [1.82, 2.24) is 0 Å². The van der Waals surface area contributed by atoms with Crippen LogP contribution in [0.15, 0.2) is 23.8 Å². The quantitative estimate of drug-likeness (QED) is 0.583. The van der Waals surface area contributed by atoms with E-state index in [4.69, 9.17) is 5.73 Å². The van der Waals surface area contributed by atoms with Crippen molar-refractivity contribution in [2.75, 3.05) is 0 Å². The fraction of sp³-hybridized carbons (Fsp3) is 0.375. The maximum atomic E-state index is 10.2. The number of nitrogens with two attached hydrogens (primary N) is 1. The highest BCUT2D eigenvalue weighted by atomic mass is 16.4. The summed E-state index contributed by atoms with van der Waals surface area (Å²) in [5.74, 6) is -1.18. The zero-order valence-electron chi connectivity index (χ0n) is 6.12. The fourth-order valence-corrected chi connectivity index (χ4v) is 1.01. The lowest BCUT2D eigenvalue weighted by Crippen LogP contribution is -2.41. The Morgan fingerprint density at radius 2 is 2.55 bits per heavy atom. The topological polar surface area (TPSA) is 66.2 Å². The first-order valence-corrected chi connectivity index (χ1v) is 3.51. The van der Waals surface area contributed by atoms with E-state index in [-0.39, 0.29) is 0 Å². The zero-order valence-corrected chi connectivity index (χ0v) is 6.12. The molecular weight excluding hydrogens is 142 g/mol. The summed E-state index contributed by atoms with van der Waals surface area (Å²) in [6.07, 6.45) is 6.98. The van der Waals surface area contributed by atoms with Crippen LogP contribution < -0.4 is 10.8 Å². The van der Waals surface area contributed by atoms with Crippen LogP contribution in [0.2, 0.25) is 0 Å². The second-order valence-corrected chi connectivity index (χ2v) is 2.59. The van der Waals surface area contributed by atoms with Crippen LogP contribution in [0, 0.1) is 0 Å². The summed E-state index contributed by atoms with van der Waals surface area (Å²) in [6.45, 7) is 0. The molecular formula is C8H10NO2-. The van der Waals surface area contributed by atoms with Crippen LogP contribution >= 0.6 is 0 Å². The molecule has 1 atom stereocenters. The van der Waals surface area contributed by atoms with Gasteiger partial charge in [-0.15, -0.1) is 0 Å². The number of aliphatic carboxylic acids is 1. The summed E-state index contributed by atoms with van der Waals surface area (Å²) in [4.78, 5) is 10.2. The van der Waals surface area contributed by atoms with Crippen LogP contribution in [-0.2, 0) is 4.79 Å². The molecule has 0 heterocycles. The molecule has 0 aromatic carbocycles. The fourth-order valence-electron chi connectivity index (χ4n) is 1.01. The van der Waals surface area contributed by atoms with Gasteiger partial charge in [0, 0.05) is 6.04 Å². The Morgan fingerprint density at radius 3 is 3.00 bits per heavy atom. The van der Waals surface area contributed by atoms with Gasteiger partial charge in [0.25, 0.3) is 0 Å². The number of hydrogen-bond acceptors (Lipinski definition) is 3. The van der Waals surface area contributed by atoms with Crippen LogP contribution in [0.3, 0.4) is 0 Å². The number of carbonyl (C=O) groups is 1. The maximum absolute atomic E-state index is 10.2. The molecule has 3 nitrogen and oxygen atoms in total. The monoisotopic (exact) mass is 152 g/mol. The summed E-state index contributed by atoms with van der Waals surface area (Å²) in [5, 5.41) is 10.2. The Bertz CT molecular complexity index is 218. The predicted octanol–water partition coefficient (Wildman–Crippen LogP) is -0.660. The second-order valence-electron chi connectivity index (χ2n) is 2.59. The molecule has 1 aliphatic carbocycles. The van der Waals surface area contributed by atoms with E-state index in [1.54, 1.807) is 0 Å². The van der Waals surface area contributed by atoms with Gasteiger partial charge in [-0.2, -0.15) is 0 Å². The molecule has 0 amide bonds.